The third-order valence-corrected chi connectivity index (χ3v) is 3.23. The van der Waals surface area contributed by atoms with E-state index in [1.807, 2.05) is 6.07 Å². The molecule has 1 saturated heterocycles. The van der Waals surface area contributed by atoms with E-state index < -0.39 is 0 Å². The van der Waals surface area contributed by atoms with Gasteiger partial charge in [-0.3, -0.25) is 0 Å². The molecule has 16 heavy (non-hydrogen) atoms. The van der Waals surface area contributed by atoms with E-state index in [1.54, 1.807) is 0 Å². The van der Waals surface area contributed by atoms with Crippen molar-refractivity contribution >= 4 is 17.5 Å². The fourth-order valence-electron chi connectivity index (χ4n) is 2.14. The molecule has 0 radical (unpaired) electrons. The van der Waals surface area contributed by atoms with E-state index in [0.29, 0.717) is 5.15 Å². The summed E-state index contributed by atoms with van der Waals surface area (Å²) < 4.78 is 0. The van der Waals surface area contributed by atoms with Gasteiger partial charge in [-0.05, 0) is 31.2 Å². The number of aryl methyl sites for hydroxylation is 1. The molecule has 2 heterocycles. The first-order valence-electron chi connectivity index (χ1n) is 5.97. The molecular weight excluding hydrogens is 222 g/mol. The topological polar surface area (TPSA) is 29.0 Å². The first kappa shape index (κ1) is 11.6. The van der Waals surface area contributed by atoms with Gasteiger partial charge in [-0.15, -0.1) is 0 Å². The molecule has 0 spiro atoms. The lowest BCUT2D eigenvalue weighted by Crippen LogP contribution is -2.35. The Morgan fingerprint density at radius 3 is 3.00 bits per heavy atom. The molecule has 4 heteroatoms. The number of piperidine rings is 1. The van der Waals surface area contributed by atoms with E-state index in [1.165, 1.54) is 12.8 Å². The van der Waals surface area contributed by atoms with Crippen LogP contribution in [0.1, 0.15) is 32.4 Å². The van der Waals surface area contributed by atoms with E-state index in [9.17, 15) is 0 Å². The summed E-state index contributed by atoms with van der Waals surface area (Å²) in [5.41, 5.74) is 1.02. The quantitative estimate of drug-likeness (QED) is 0.744. The third kappa shape index (κ3) is 2.64. The van der Waals surface area contributed by atoms with Crippen LogP contribution in [0.15, 0.2) is 6.07 Å². The van der Waals surface area contributed by atoms with Gasteiger partial charge >= 0.3 is 0 Å². The van der Waals surface area contributed by atoms with E-state index in [0.717, 1.165) is 37.1 Å². The molecule has 0 aromatic carbocycles. The fraction of sp³-hybridized carbons (Fsp3) is 0.667. The number of anilines is 1. The molecule has 3 nitrogen and oxygen atoms in total. The third-order valence-electron chi connectivity index (χ3n) is 3.04. The van der Waals surface area contributed by atoms with Gasteiger partial charge in [0.1, 0.15) is 5.15 Å². The maximum atomic E-state index is 6.01. The highest BCUT2D eigenvalue weighted by Gasteiger charge is 2.19. The Balaban J connectivity index is 2.21. The minimum Gasteiger partial charge on any atom is -0.341 e. The highest BCUT2D eigenvalue weighted by atomic mass is 35.5. The Bertz CT molecular complexity index is 367. The molecule has 1 aromatic rings. The van der Waals surface area contributed by atoms with Crippen LogP contribution in [0.25, 0.3) is 0 Å². The molecule has 0 N–H and O–H groups in total. The number of rotatable bonds is 2. The summed E-state index contributed by atoms with van der Waals surface area (Å²) in [6.07, 6.45) is 3.43. The summed E-state index contributed by atoms with van der Waals surface area (Å²) in [5, 5.41) is 0.556. The lowest BCUT2D eigenvalue weighted by molar-refractivity contribution is 0.441. The van der Waals surface area contributed by atoms with Crippen LogP contribution in [0.2, 0.25) is 5.15 Å². The first-order chi connectivity index (χ1) is 7.69. The van der Waals surface area contributed by atoms with Crippen LogP contribution < -0.4 is 4.90 Å². The van der Waals surface area contributed by atoms with Gasteiger partial charge in [0.2, 0.25) is 5.95 Å². The zero-order valence-electron chi connectivity index (χ0n) is 9.91. The Kier molecular flexibility index (Phi) is 3.64. The molecule has 0 amide bonds. The summed E-state index contributed by atoms with van der Waals surface area (Å²) in [7, 11) is 0. The number of halogens is 1. The van der Waals surface area contributed by atoms with Gasteiger partial charge in [0.25, 0.3) is 0 Å². The second kappa shape index (κ2) is 5.00. The van der Waals surface area contributed by atoms with Gasteiger partial charge in [0, 0.05) is 18.8 Å². The van der Waals surface area contributed by atoms with Crippen molar-refractivity contribution in [3.8, 4) is 0 Å². The van der Waals surface area contributed by atoms with Gasteiger partial charge in [-0.25, -0.2) is 9.97 Å². The highest BCUT2D eigenvalue weighted by Crippen LogP contribution is 2.21. The maximum Gasteiger partial charge on any atom is 0.226 e. The van der Waals surface area contributed by atoms with Gasteiger partial charge < -0.3 is 4.90 Å². The molecule has 0 saturated carbocycles. The number of hydrogen-bond donors (Lipinski definition) is 0. The lowest BCUT2D eigenvalue weighted by atomic mass is 10.0. The number of aromatic nitrogens is 2. The van der Waals surface area contributed by atoms with Crippen LogP contribution in [0.3, 0.4) is 0 Å². The Labute approximate surface area is 102 Å². The minimum atomic E-state index is 0.556. The Morgan fingerprint density at radius 1 is 1.50 bits per heavy atom. The molecule has 1 aromatic heterocycles. The molecule has 1 atom stereocenters. The zero-order chi connectivity index (χ0) is 11.5. The largest absolute Gasteiger partial charge is 0.341 e. The molecule has 88 valence electrons. The SMILES string of the molecule is CCc1cc(Cl)nc(N2CCC[C@@H](C)C2)n1. The Morgan fingerprint density at radius 2 is 2.31 bits per heavy atom. The van der Waals surface area contributed by atoms with Crippen LogP contribution in [-0.2, 0) is 6.42 Å². The van der Waals surface area contributed by atoms with Gasteiger partial charge in [0.15, 0.2) is 0 Å². The minimum absolute atomic E-state index is 0.556. The normalized spacial score (nSPS) is 21.2. The molecule has 2 rings (SSSR count). The maximum absolute atomic E-state index is 6.01. The average molecular weight is 240 g/mol. The van der Waals surface area contributed by atoms with E-state index in [2.05, 4.69) is 28.7 Å². The van der Waals surface area contributed by atoms with E-state index in [4.69, 9.17) is 11.6 Å². The summed E-state index contributed by atoms with van der Waals surface area (Å²) in [6.45, 7) is 6.45. The molecule has 1 fully saturated rings. The molecular formula is C12H18ClN3. The van der Waals surface area contributed by atoms with Crippen LogP contribution >= 0.6 is 11.6 Å². The van der Waals surface area contributed by atoms with Crippen molar-refractivity contribution in [3.05, 3.63) is 16.9 Å². The van der Waals surface area contributed by atoms with Crippen LogP contribution in [0, 0.1) is 5.92 Å². The van der Waals surface area contributed by atoms with Crippen molar-refractivity contribution in [2.45, 2.75) is 33.1 Å². The van der Waals surface area contributed by atoms with Crippen molar-refractivity contribution in [1.82, 2.24) is 9.97 Å². The smallest absolute Gasteiger partial charge is 0.226 e. The lowest BCUT2D eigenvalue weighted by Gasteiger charge is -2.31. The standard InChI is InChI=1S/C12H18ClN3/c1-3-10-7-11(13)15-12(14-10)16-6-4-5-9(2)8-16/h7,9H,3-6,8H2,1-2H3/t9-/m1/s1. The van der Waals surface area contributed by atoms with Crippen molar-refractivity contribution in [3.63, 3.8) is 0 Å². The molecule has 1 aliphatic heterocycles. The van der Waals surface area contributed by atoms with Crippen molar-refractivity contribution < 1.29 is 0 Å². The summed E-state index contributed by atoms with van der Waals surface area (Å²) in [6, 6.07) is 1.85. The monoisotopic (exact) mass is 239 g/mol. The molecule has 0 aliphatic carbocycles. The van der Waals surface area contributed by atoms with E-state index in [-0.39, 0.29) is 0 Å². The fourth-order valence-corrected chi connectivity index (χ4v) is 2.35. The van der Waals surface area contributed by atoms with Crippen LogP contribution in [0.5, 0.6) is 0 Å². The molecule has 0 bridgehead atoms. The summed E-state index contributed by atoms with van der Waals surface area (Å²) in [4.78, 5) is 11.1. The van der Waals surface area contributed by atoms with Crippen LogP contribution in [-0.4, -0.2) is 23.1 Å². The van der Waals surface area contributed by atoms with Gasteiger partial charge in [0.05, 0.1) is 0 Å². The average Bonchev–Trinajstić information content (AvgIpc) is 2.28. The predicted molar refractivity (Wildman–Crippen MR) is 67.0 cm³/mol. The number of hydrogen-bond acceptors (Lipinski definition) is 3. The van der Waals surface area contributed by atoms with Crippen molar-refractivity contribution in [2.24, 2.45) is 5.92 Å². The van der Waals surface area contributed by atoms with Gasteiger partial charge in [-0.2, -0.15) is 0 Å². The number of nitrogens with zero attached hydrogens (tertiary/aromatic N) is 3. The van der Waals surface area contributed by atoms with Crippen LogP contribution in [0.4, 0.5) is 5.95 Å². The summed E-state index contributed by atoms with van der Waals surface area (Å²) >= 11 is 6.01. The summed E-state index contributed by atoms with van der Waals surface area (Å²) in [5.74, 6) is 1.53. The van der Waals surface area contributed by atoms with Crippen molar-refractivity contribution in [2.75, 3.05) is 18.0 Å². The first-order valence-corrected chi connectivity index (χ1v) is 6.35. The van der Waals surface area contributed by atoms with E-state index >= 15 is 0 Å². The van der Waals surface area contributed by atoms with Gasteiger partial charge in [-0.1, -0.05) is 25.4 Å². The Hall–Kier alpha value is -0.830. The second-order valence-electron chi connectivity index (χ2n) is 4.53. The zero-order valence-corrected chi connectivity index (χ0v) is 10.7. The molecule has 1 aliphatic rings. The predicted octanol–water partition coefficient (Wildman–Crippen LogP) is 2.93. The molecule has 0 unspecified atom stereocenters. The highest BCUT2D eigenvalue weighted by molar-refractivity contribution is 6.29. The van der Waals surface area contributed by atoms with Crippen molar-refractivity contribution in [1.29, 1.82) is 0 Å². The second-order valence-corrected chi connectivity index (χ2v) is 4.92.